The van der Waals surface area contributed by atoms with Gasteiger partial charge in [-0.2, -0.15) is 0 Å². The number of hydrogen-bond donors (Lipinski definition) is 1. The molecule has 23 heavy (non-hydrogen) atoms. The fourth-order valence-electron chi connectivity index (χ4n) is 2.87. The van der Waals surface area contributed by atoms with Crippen molar-refractivity contribution >= 4 is 11.6 Å². The van der Waals surface area contributed by atoms with E-state index in [4.69, 9.17) is 16.0 Å². The molecule has 0 radical (unpaired) electrons. The van der Waals surface area contributed by atoms with Crippen LogP contribution in [0.4, 0.5) is 4.39 Å². The van der Waals surface area contributed by atoms with E-state index in [0.29, 0.717) is 12.3 Å². The lowest BCUT2D eigenvalue weighted by molar-refractivity contribution is 0.493. The van der Waals surface area contributed by atoms with Gasteiger partial charge in [-0.05, 0) is 69.0 Å². The van der Waals surface area contributed by atoms with E-state index in [0.717, 1.165) is 24.3 Å². The van der Waals surface area contributed by atoms with Gasteiger partial charge in [-0.15, -0.1) is 0 Å². The second-order valence-electron chi connectivity index (χ2n) is 5.93. The quantitative estimate of drug-likeness (QED) is 0.540. The Labute approximate surface area is 141 Å². The summed E-state index contributed by atoms with van der Waals surface area (Å²) in [5.41, 5.74) is 2.36. The number of nitrogens with one attached hydrogen (secondary N) is 1. The standard InChI is InChI=1S/C19H21ClFNO/c20-17-12-15(6-8-18(17)21)19-9-7-16(23-19)13-22-11-10-14-4-2-1-3-5-14/h4,6-9,12,22H,1-3,5,10-11,13H2. The molecule has 0 saturated heterocycles. The predicted octanol–water partition coefficient (Wildman–Crippen LogP) is 5.72. The molecule has 0 unspecified atom stereocenters. The van der Waals surface area contributed by atoms with Crippen molar-refractivity contribution in [2.24, 2.45) is 0 Å². The van der Waals surface area contributed by atoms with E-state index in [-0.39, 0.29) is 5.02 Å². The van der Waals surface area contributed by atoms with Crippen LogP contribution in [0.5, 0.6) is 0 Å². The summed E-state index contributed by atoms with van der Waals surface area (Å²) < 4.78 is 19.0. The molecule has 3 rings (SSSR count). The van der Waals surface area contributed by atoms with E-state index in [1.807, 2.05) is 12.1 Å². The van der Waals surface area contributed by atoms with Crippen LogP contribution in [0.1, 0.15) is 37.9 Å². The van der Waals surface area contributed by atoms with Crippen molar-refractivity contribution in [2.75, 3.05) is 6.54 Å². The topological polar surface area (TPSA) is 25.2 Å². The Hall–Kier alpha value is -1.58. The van der Waals surface area contributed by atoms with Crippen molar-refractivity contribution in [1.29, 1.82) is 0 Å². The van der Waals surface area contributed by atoms with Gasteiger partial charge in [0.1, 0.15) is 17.3 Å². The van der Waals surface area contributed by atoms with Crippen molar-refractivity contribution < 1.29 is 8.81 Å². The Balaban J connectivity index is 1.51. The first-order valence-corrected chi connectivity index (χ1v) is 8.53. The highest BCUT2D eigenvalue weighted by atomic mass is 35.5. The summed E-state index contributed by atoms with van der Waals surface area (Å²) in [6.07, 6.45) is 8.64. The van der Waals surface area contributed by atoms with Gasteiger partial charge in [0, 0.05) is 5.56 Å². The average molecular weight is 334 g/mol. The summed E-state index contributed by atoms with van der Waals surface area (Å²) in [5.74, 6) is 1.16. The number of rotatable bonds is 6. The van der Waals surface area contributed by atoms with Gasteiger partial charge in [0.2, 0.25) is 0 Å². The first kappa shape index (κ1) is 16.3. The van der Waals surface area contributed by atoms with Gasteiger partial charge in [-0.1, -0.05) is 23.3 Å². The van der Waals surface area contributed by atoms with Gasteiger partial charge in [0.25, 0.3) is 0 Å². The second-order valence-corrected chi connectivity index (χ2v) is 6.34. The Kier molecular flexibility index (Phi) is 5.52. The number of halogens is 2. The molecule has 0 fully saturated rings. The van der Waals surface area contributed by atoms with Gasteiger partial charge < -0.3 is 9.73 Å². The molecule has 1 heterocycles. The second kappa shape index (κ2) is 7.80. The van der Waals surface area contributed by atoms with Crippen molar-refractivity contribution in [3.05, 3.63) is 58.6 Å². The maximum Gasteiger partial charge on any atom is 0.141 e. The maximum absolute atomic E-state index is 13.2. The third kappa shape index (κ3) is 4.46. The molecule has 0 spiro atoms. The van der Waals surface area contributed by atoms with Gasteiger partial charge in [0.15, 0.2) is 0 Å². The molecular weight excluding hydrogens is 313 g/mol. The third-order valence-electron chi connectivity index (χ3n) is 4.17. The Morgan fingerprint density at radius 1 is 1.17 bits per heavy atom. The van der Waals surface area contributed by atoms with Crippen LogP contribution in [0.2, 0.25) is 5.02 Å². The number of furan rings is 1. The molecule has 1 aliphatic rings. The van der Waals surface area contributed by atoms with Gasteiger partial charge in [-0.3, -0.25) is 0 Å². The first-order valence-electron chi connectivity index (χ1n) is 8.15. The van der Waals surface area contributed by atoms with Crippen LogP contribution in [0.15, 0.2) is 46.4 Å². The van der Waals surface area contributed by atoms with E-state index in [1.54, 1.807) is 17.7 Å². The lowest BCUT2D eigenvalue weighted by atomic mass is 9.97. The zero-order valence-corrected chi connectivity index (χ0v) is 13.8. The molecule has 2 aromatic rings. The van der Waals surface area contributed by atoms with Crippen molar-refractivity contribution in [3.8, 4) is 11.3 Å². The van der Waals surface area contributed by atoms with E-state index in [1.165, 1.54) is 31.7 Å². The molecule has 1 aromatic carbocycles. The van der Waals surface area contributed by atoms with Crippen LogP contribution in [-0.4, -0.2) is 6.54 Å². The van der Waals surface area contributed by atoms with Gasteiger partial charge in [0.05, 0.1) is 11.6 Å². The lowest BCUT2D eigenvalue weighted by Gasteiger charge is -2.12. The molecular formula is C19H21ClFNO. The number of allylic oxidation sites excluding steroid dienone is 1. The van der Waals surface area contributed by atoms with E-state index in [2.05, 4.69) is 11.4 Å². The number of benzene rings is 1. The van der Waals surface area contributed by atoms with Crippen LogP contribution >= 0.6 is 11.6 Å². The highest BCUT2D eigenvalue weighted by Gasteiger charge is 2.08. The summed E-state index contributed by atoms with van der Waals surface area (Å²) in [5, 5.41) is 3.52. The maximum atomic E-state index is 13.2. The molecule has 122 valence electrons. The lowest BCUT2D eigenvalue weighted by Crippen LogP contribution is -2.15. The normalized spacial score (nSPS) is 14.8. The minimum atomic E-state index is -0.416. The monoisotopic (exact) mass is 333 g/mol. The predicted molar refractivity (Wildman–Crippen MR) is 92.0 cm³/mol. The van der Waals surface area contributed by atoms with Gasteiger partial charge in [-0.25, -0.2) is 4.39 Å². The van der Waals surface area contributed by atoms with Crippen molar-refractivity contribution in [1.82, 2.24) is 5.32 Å². The minimum Gasteiger partial charge on any atom is -0.460 e. The third-order valence-corrected chi connectivity index (χ3v) is 4.46. The molecule has 4 heteroatoms. The average Bonchev–Trinajstić information content (AvgIpc) is 3.04. The summed E-state index contributed by atoms with van der Waals surface area (Å²) in [6, 6.07) is 8.45. The SMILES string of the molecule is Fc1ccc(-c2ccc(CNCCC3=CCCCC3)o2)cc1Cl. The molecule has 0 amide bonds. The van der Waals surface area contributed by atoms with Crippen LogP contribution < -0.4 is 5.32 Å². The van der Waals surface area contributed by atoms with E-state index >= 15 is 0 Å². The molecule has 2 nitrogen and oxygen atoms in total. The Morgan fingerprint density at radius 2 is 2.09 bits per heavy atom. The smallest absolute Gasteiger partial charge is 0.141 e. The molecule has 0 bridgehead atoms. The van der Waals surface area contributed by atoms with E-state index in [9.17, 15) is 4.39 Å². The summed E-state index contributed by atoms with van der Waals surface area (Å²) in [4.78, 5) is 0. The van der Waals surface area contributed by atoms with Crippen LogP contribution in [0.3, 0.4) is 0 Å². The fraction of sp³-hybridized carbons (Fsp3) is 0.368. The van der Waals surface area contributed by atoms with Crippen LogP contribution in [-0.2, 0) is 6.54 Å². The van der Waals surface area contributed by atoms with Crippen molar-refractivity contribution in [2.45, 2.75) is 38.6 Å². The van der Waals surface area contributed by atoms with Crippen LogP contribution in [0, 0.1) is 5.82 Å². The summed E-state index contributed by atoms with van der Waals surface area (Å²) in [6.45, 7) is 1.66. The fourth-order valence-corrected chi connectivity index (χ4v) is 3.05. The Morgan fingerprint density at radius 3 is 2.87 bits per heavy atom. The molecule has 1 aliphatic carbocycles. The molecule has 1 N–H and O–H groups in total. The van der Waals surface area contributed by atoms with Crippen LogP contribution in [0.25, 0.3) is 11.3 Å². The largest absolute Gasteiger partial charge is 0.460 e. The summed E-state index contributed by atoms with van der Waals surface area (Å²) in [7, 11) is 0. The van der Waals surface area contributed by atoms with Crippen molar-refractivity contribution in [3.63, 3.8) is 0 Å². The van der Waals surface area contributed by atoms with Gasteiger partial charge >= 0.3 is 0 Å². The highest BCUT2D eigenvalue weighted by Crippen LogP contribution is 2.26. The Bertz CT molecular complexity index is 692. The minimum absolute atomic E-state index is 0.110. The highest BCUT2D eigenvalue weighted by molar-refractivity contribution is 6.31. The van der Waals surface area contributed by atoms with E-state index < -0.39 is 5.82 Å². The molecule has 0 atom stereocenters. The summed E-state index contributed by atoms with van der Waals surface area (Å²) >= 11 is 5.81. The molecule has 1 aromatic heterocycles. The molecule has 0 saturated carbocycles. The zero-order chi connectivity index (χ0) is 16.1. The first-order chi connectivity index (χ1) is 11.2. The molecule has 0 aliphatic heterocycles. The number of hydrogen-bond acceptors (Lipinski definition) is 2. The zero-order valence-electron chi connectivity index (χ0n) is 13.1.